The van der Waals surface area contributed by atoms with Gasteiger partial charge in [-0.25, -0.2) is 4.79 Å². The molecule has 2 heterocycles. The summed E-state index contributed by atoms with van der Waals surface area (Å²) in [6.45, 7) is 0.195. The third kappa shape index (κ3) is 2.45. The lowest BCUT2D eigenvalue weighted by molar-refractivity contribution is 0.0696. The maximum atomic E-state index is 11.0. The van der Waals surface area contributed by atoms with Crippen LogP contribution in [-0.2, 0) is 11.2 Å². The fraction of sp³-hybridized carbons (Fsp3) is 0.562. The summed E-state index contributed by atoms with van der Waals surface area (Å²) in [4.78, 5) is 11.0. The van der Waals surface area contributed by atoms with Crippen molar-refractivity contribution in [2.24, 2.45) is 11.8 Å². The lowest BCUT2D eigenvalue weighted by Gasteiger charge is -2.26. The van der Waals surface area contributed by atoms with Gasteiger partial charge in [-0.2, -0.15) is 0 Å². The number of rotatable bonds is 5. The normalized spacial score (nSPS) is 31.6. The van der Waals surface area contributed by atoms with Crippen LogP contribution < -0.4 is 0 Å². The zero-order chi connectivity index (χ0) is 14.1. The minimum Gasteiger partial charge on any atom is -0.478 e. The van der Waals surface area contributed by atoms with E-state index in [4.69, 9.17) is 9.84 Å². The highest BCUT2D eigenvalue weighted by molar-refractivity contribution is 5.87. The number of carboxylic acid groups (broad SMARTS) is 1. The summed E-state index contributed by atoms with van der Waals surface area (Å²) in [5, 5.41) is 18.5. The maximum Gasteiger partial charge on any atom is 0.335 e. The number of carbonyl (C=O) groups is 1. The Labute approximate surface area is 118 Å². The highest BCUT2D eigenvalue weighted by Crippen LogP contribution is 2.45. The van der Waals surface area contributed by atoms with Gasteiger partial charge in [0.1, 0.15) is 0 Å². The van der Waals surface area contributed by atoms with Gasteiger partial charge in [0, 0.05) is 12.5 Å². The zero-order valence-corrected chi connectivity index (χ0v) is 11.4. The fourth-order valence-electron chi connectivity index (χ4n) is 3.72. The van der Waals surface area contributed by atoms with Crippen molar-refractivity contribution in [2.75, 3.05) is 6.61 Å². The molecule has 0 radical (unpaired) electrons. The number of fused-ring (bicyclic) bond motifs is 2. The molecule has 0 aliphatic carbocycles. The van der Waals surface area contributed by atoms with Crippen LogP contribution in [0, 0.1) is 11.8 Å². The Hall–Kier alpha value is -1.39. The van der Waals surface area contributed by atoms with Crippen LogP contribution >= 0.6 is 0 Å². The molecule has 4 nitrogen and oxygen atoms in total. The molecule has 2 aliphatic rings. The number of aliphatic hydroxyl groups excluding tert-OH is 1. The van der Waals surface area contributed by atoms with E-state index in [1.807, 2.05) is 6.07 Å². The monoisotopic (exact) mass is 276 g/mol. The molecule has 2 N–H and O–H groups in total. The number of aryl methyl sites for hydroxylation is 1. The Bertz CT molecular complexity index is 499. The topological polar surface area (TPSA) is 66.8 Å². The van der Waals surface area contributed by atoms with Crippen molar-refractivity contribution in [3.8, 4) is 0 Å². The first-order chi connectivity index (χ1) is 9.69. The number of hydrogen-bond donors (Lipinski definition) is 2. The largest absolute Gasteiger partial charge is 0.478 e. The van der Waals surface area contributed by atoms with Gasteiger partial charge in [-0.1, -0.05) is 12.1 Å². The standard InChI is InChI=1S/C16H20O4/c17-9-13-12(14-6-7-15(13)20-14)5-4-10-2-1-3-11(8-10)16(18)19/h1-3,8,12-15,17H,4-7,9H2,(H,18,19). The van der Waals surface area contributed by atoms with E-state index < -0.39 is 5.97 Å². The molecule has 20 heavy (non-hydrogen) atoms. The molecular weight excluding hydrogens is 256 g/mol. The molecular formula is C16H20O4. The van der Waals surface area contributed by atoms with Crippen molar-refractivity contribution >= 4 is 5.97 Å². The Morgan fingerprint density at radius 3 is 2.70 bits per heavy atom. The van der Waals surface area contributed by atoms with E-state index in [-0.39, 0.29) is 18.6 Å². The molecule has 2 saturated heterocycles. The molecule has 0 spiro atoms. The van der Waals surface area contributed by atoms with Crippen LogP contribution in [0.4, 0.5) is 0 Å². The highest BCUT2D eigenvalue weighted by Gasteiger charge is 2.47. The van der Waals surface area contributed by atoms with Crippen molar-refractivity contribution in [3.63, 3.8) is 0 Å². The molecule has 2 fully saturated rings. The van der Waals surface area contributed by atoms with Crippen molar-refractivity contribution in [1.29, 1.82) is 0 Å². The molecule has 0 amide bonds. The minimum atomic E-state index is -0.886. The second-order valence-electron chi connectivity index (χ2n) is 5.84. The van der Waals surface area contributed by atoms with Crippen molar-refractivity contribution in [1.82, 2.24) is 0 Å². The summed E-state index contributed by atoms with van der Waals surface area (Å²) >= 11 is 0. The predicted octanol–water partition coefficient (Wildman–Crippen LogP) is 2.10. The van der Waals surface area contributed by atoms with Crippen molar-refractivity contribution in [2.45, 2.75) is 37.9 Å². The Kier molecular flexibility index (Phi) is 3.76. The van der Waals surface area contributed by atoms with Crippen molar-refractivity contribution in [3.05, 3.63) is 35.4 Å². The van der Waals surface area contributed by atoms with Gasteiger partial charge in [-0.3, -0.25) is 0 Å². The third-order valence-corrected chi connectivity index (χ3v) is 4.74. The van der Waals surface area contributed by atoms with Crippen molar-refractivity contribution < 1.29 is 19.7 Å². The highest BCUT2D eigenvalue weighted by atomic mass is 16.5. The van der Waals surface area contributed by atoms with E-state index >= 15 is 0 Å². The first-order valence-corrected chi connectivity index (χ1v) is 7.27. The summed E-state index contributed by atoms with van der Waals surface area (Å²) in [6, 6.07) is 7.11. The van der Waals surface area contributed by atoms with Gasteiger partial charge in [0.25, 0.3) is 0 Å². The van der Waals surface area contributed by atoms with E-state index in [0.29, 0.717) is 17.6 Å². The molecule has 4 heteroatoms. The molecule has 108 valence electrons. The number of hydrogen-bond acceptors (Lipinski definition) is 3. The number of ether oxygens (including phenoxy) is 1. The predicted molar refractivity (Wildman–Crippen MR) is 73.7 cm³/mol. The molecule has 1 aromatic carbocycles. The number of aliphatic hydroxyl groups is 1. The van der Waals surface area contributed by atoms with Crippen LogP contribution in [0.2, 0.25) is 0 Å². The summed E-state index contributed by atoms with van der Waals surface area (Å²) in [7, 11) is 0. The van der Waals surface area contributed by atoms with E-state index in [0.717, 1.165) is 31.2 Å². The molecule has 0 aromatic heterocycles. The van der Waals surface area contributed by atoms with Gasteiger partial charge in [-0.05, 0) is 49.3 Å². The summed E-state index contributed by atoms with van der Waals surface area (Å²) in [6.07, 6.45) is 4.49. The summed E-state index contributed by atoms with van der Waals surface area (Å²) in [5.41, 5.74) is 1.38. The number of benzene rings is 1. The van der Waals surface area contributed by atoms with Crippen LogP contribution in [-0.4, -0.2) is 35.0 Å². The number of carboxylic acids is 1. The lowest BCUT2D eigenvalue weighted by atomic mass is 9.77. The zero-order valence-electron chi connectivity index (χ0n) is 11.4. The van der Waals surface area contributed by atoms with Gasteiger partial charge >= 0.3 is 5.97 Å². The number of aromatic carboxylic acids is 1. The maximum absolute atomic E-state index is 11.0. The quantitative estimate of drug-likeness (QED) is 0.864. The molecule has 1 aromatic rings. The van der Waals surface area contributed by atoms with Crippen LogP contribution in [0.1, 0.15) is 35.2 Å². The van der Waals surface area contributed by atoms with Gasteiger partial charge in [-0.15, -0.1) is 0 Å². The van der Waals surface area contributed by atoms with E-state index in [1.165, 1.54) is 0 Å². The molecule has 4 atom stereocenters. The van der Waals surface area contributed by atoms with Gasteiger partial charge in [0.2, 0.25) is 0 Å². The second kappa shape index (κ2) is 5.54. The first-order valence-electron chi connectivity index (χ1n) is 7.27. The SMILES string of the molecule is O=C(O)c1cccc(CCC2C3CCC(O3)C2CO)c1. The van der Waals surface area contributed by atoms with Crippen LogP contribution in [0.5, 0.6) is 0 Å². The first kappa shape index (κ1) is 13.6. The lowest BCUT2D eigenvalue weighted by Crippen LogP contribution is -2.30. The van der Waals surface area contributed by atoms with E-state index in [1.54, 1.807) is 18.2 Å². The van der Waals surface area contributed by atoms with Gasteiger partial charge in [0.05, 0.1) is 17.8 Å². The second-order valence-corrected chi connectivity index (χ2v) is 5.84. The molecule has 2 aliphatic heterocycles. The Morgan fingerprint density at radius 1 is 1.25 bits per heavy atom. The third-order valence-electron chi connectivity index (χ3n) is 4.74. The Morgan fingerprint density at radius 2 is 2.00 bits per heavy atom. The smallest absolute Gasteiger partial charge is 0.335 e. The molecule has 3 rings (SSSR count). The van der Waals surface area contributed by atoms with Crippen LogP contribution in [0.25, 0.3) is 0 Å². The fourth-order valence-corrected chi connectivity index (χ4v) is 3.72. The van der Waals surface area contributed by atoms with Gasteiger partial charge < -0.3 is 14.9 Å². The van der Waals surface area contributed by atoms with E-state index in [9.17, 15) is 9.90 Å². The van der Waals surface area contributed by atoms with Gasteiger partial charge in [0.15, 0.2) is 0 Å². The molecule has 2 bridgehead atoms. The minimum absolute atomic E-state index is 0.195. The Balaban J connectivity index is 1.64. The summed E-state index contributed by atoms with van der Waals surface area (Å²) < 4.78 is 5.88. The van der Waals surface area contributed by atoms with Crippen LogP contribution in [0.15, 0.2) is 24.3 Å². The van der Waals surface area contributed by atoms with E-state index in [2.05, 4.69) is 0 Å². The van der Waals surface area contributed by atoms with Crippen LogP contribution in [0.3, 0.4) is 0 Å². The molecule has 4 unspecified atom stereocenters. The average Bonchev–Trinajstić information content (AvgIpc) is 3.05. The average molecular weight is 276 g/mol. The molecule has 0 saturated carbocycles. The summed E-state index contributed by atoms with van der Waals surface area (Å²) in [5.74, 6) is -0.216.